The van der Waals surface area contributed by atoms with E-state index < -0.39 is 5.60 Å². The quantitative estimate of drug-likeness (QED) is 0.825. The Bertz CT molecular complexity index is 327. The average molecular weight is 241 g/mol. The van der Waals surface area contributed by atoms with E-state index in [0.29, 0.717) is 12.8 Å². The SMILES string of the molecule is CC(C)(C)OC(=O)CCC(N)c1cccs1. The van der Waals surface area contributed by atoms with Crippen molar-refractivity contribution in [2.75, 3.05) is 0 Å². The third-order valence-electron chi connectivity index (χ3n) is 1.99. The van der Waals surface area contributed by atoms with Crippen molar-refractivity contribution in [3.63, 3.8) is 0 Å². The average Bonchev–Trinajstić information content (AvgIpc) is 2.64. The summed E-state index contributed by atoms with van der Waals surface area (Å²) in [6.07, 6.45) is 1.01. The van der Waals surface area contributed by atoms with E-state index in [9.17, 15) is 4.79 Å². The van der Waals surface area contributed by atoms with Gasteiger partial charge in [-0.05, 0) is 38.6 Å². The summed E-state index contributed by atoms with van der Waals surface area (Å²) in [5, 5.41) is 1.99. The molecule has 4 heteroatoms. The van der Waals surface area contributed by atoms with E-state index in [0.717, 1.165) is 4.88 Å². The van der Waals surface area contributed by atoms with Crippen LogP contribution in [0.15, 0.2) is 17.5 Å². The van der Waals surface area contributed by atoms with E-state index >= 15 is 0 Å². The van der Waals surface area contributed by atoms with Gasteiger partial charge in [0.15, 0.2) is 0 Å². The number of thiophene rings is 1. The van der Waals surface area contributed by atoms with Gasteiger partial charge in [0.25, 0.3) is 0 Å². The summed E-state index contributed by atoms with van der Waals surface area (Å²) in [4.78, 5) is 12.6. The molecule has 1 heterocycles. The van der Waals surface area contributed by atoms with E-state index in [-0.39, 0.29) is 12.0 Å². The zero-order valence-electron chi connectivity index (χ0n) is 10.0. The van der Waals surface area contributed by atoms with Crippen LogP contribution in [0.3, 0.4) is 0 Å². The zero-order chi connectivity index (χ0) is 12.2. The Hall–Kier alpha value is -0.870. The van der Waals surface area contributed by atoms with Gasteiger partial charge in [0.05, 0.1) is 0 Å². The first kappa shape index (κ1) is 13.2. The van der Waals surface area contributed by atoms with Crippen LogP contribution in [-0.2, 0) is 9.53 Å². The first-order valence-corrected chi connectivity index (χ1v) is 6.27. The van der Waals surface area contributed by atoms with Crippen molar-refractivity contribution in [3.8, 4) is 0 Å². The second-order valence-corrected chi connectivity index (χ2v) is 5.73. The Balaban J connectivity index is 2.32. The highest BCUT2D eigenvalue weighted by Crippen LogP contribution is 2.21. The molecule has 1 rings (SSSR count). The molecule has 16 heavy (non-hydrogen) atoms. The molecule has 90 valence electrons. The molecule has 1 atom stereocenters. The van der Waals surface area contributed by atoms with Gasteiger partial charge in [-0.1, -0.05) is 6.07 Å². The number of carbonyl (C=O) groups is 1. The van der Waals surface area contributed by atoms with Gasteiger partial charge < -0.3 is 10.5 Å². The zero-order valence-corrected chi connectivity index (χ0v) is 10.8. The summed E-state index contributed by atoms with van der Waals surface area (Å²) in [6.45, 7) is 5.60. The predicted molar refractivity (Wildman–Crippen MR) is 66.3 cm³/mol. The fourth-order valence-corrected chi connectivity index (χ4v) is 2.07. The number of esters is 1. The fourth-order valence-electron chi connectivity index (χ4n) is 1.31. The highest BCUT2D eigenvalue weighted by Gasteiger charge is 2.17. The first-order valence-electron chi connectivity index (χ1n) is 5.39. The van der Waals surface area contributed by atoms with Crippen molar-refractivity contribution < 1.29 is 9.53 Å². The third-order valence-corrected chi connectivity index (χ3v) is 2.99. The highest BCUT2D eigenvalue weighted by atomic mass is 32.1. The Kier molecular flexibility index (Phi) is 4.50. The lowest BCUT2D eigenvalue weighted by molar-refractivity contribution is -0.155. The molecule has 0 bridgehead atoms. The van der Waals surface area contributed by atoms with Gasteiger partial charge in [0.1, 0.15) is 5.60 Å². The van der Waals surface area contributed by atoms with Crippen LogP contribution in [-0.4, -0.2) is 11.6 Å². The van der Waals surface area contributed by atoms with E-state index in [2.05, 4.69) is 0 Å². The number of hydrogen-bond acceptors (Lipinski definition) is 4. The number of hydrogen-bond donors (Lipinski definition) is 1. The number of carbonyl (C=O) groups excluding carboxylic acids is 1. The smallest absolute Gasteiger partial charge is 0.306 e. The second kappa shape index (κ2) is 5.46. The molecule has 0 aromatic carbocycles. The molecule has 0 saturated carbocycles. The summed E-state index contributed by atoms with van der Waals surface area (Å²) in [5.74, 6) is -0.181. The molecule has 0 radical (unpaired) electrons. The van der Waals surface area contributed by atoms with Crippen LogP contribution in [0.1, 0.15) is 44.5 Å². The van der Waals surface area contributed by atoms with Crippen molar-refractivity contribution in [2.45, 2.75) is 45.3 Å². The minimum absolute atomic E-state index is 0.0625. The van der Waals surface area contributed by atoms with Gasteiger partial charge in [-0.3, -0.25) is 4.79 Å². The highest BCUT2D eigenvalue weighted by molar-refractivity contribution is 7.10. The maximum atomic E-state index is 11.5. The topological polar surface area (TPSA) is 52.3 Å². The van der Waals surface area contributed by atoms with Crippen LogP contribution < -0.4 is 5.73 Å². The second-order valence-electron chi connectivity index (χ2n) is 4.75. The van der Waals surface area contributed by atoms with Crippen LogP contribution >= 0.6 is 11.3 Å². The predicted octanol–water partition coefficient (Wildman–Crippen LogP) is 2.87. The number of ether oxygens (including phenoxy) is 1. The van der Waals surface area contributed by atoms with E-state index in [4.69, 9.17) is 10.5 Å². The summed E-state index contributed by atoms with van der Waals surface area (Å²) < 4.78 is 5.21. The van der Waals surface area contributed by atoms with E-state index in [1.54, 1.807) is 11.3 Å². The van der Waals surface area contributed by atoms with Gasteiger partial charge >= 0.3 is 5.97 Å². The van der Waals surface area contributed by atoms with Gasteiger partial charge in [-0.2, -0.15) is 0 Å². The van der Waals surface area contributed by atoms with Crippen LogP contribution in [0, 0.1) is 0 Å². The largest absolute Gasteiger partial charge is 0.460 e. The maximum absolute atomic E-state index is 11.5. The van der Waals surface area contributed by atoms with Gasteiger partial charge in [0.2, 0.25) is 0 Å². The molecule has 1 aromatic rings. The number of nitrogens with two attached hydrogens (primary N) is 1. The molecule has 1 aromatic heterocycles. The number of rotatable bonds is 4. The van der Waals surface area contributed by atoms with E-state index in [1.165, 1.54) is 0 Å². The third kappa shape index (κ3) is 4.77. The molecule has 3 nitrogen and oxygen atoms in total. The van der Waals surface area contributed by atoms with Gasteiger partial charge in [-0.25, -0.2) is 0 Å². The lowest BCUT2D eigenvalue weighted by Gasteiger charge is -2.20. The minimum Gasteiger partial charge on any atom is -0.460 e. The Labute approximate surface area is 101 Å². The monoisotopic (exact) mass is 241 g/mol. The van der Waals surface area contributed by atoms with Crippen LogP contribution in [0.25, 0.3) is 0 Å². The minimum atomic E-state index is -0.413. The van der Waals surface area contributed by atoms with Crippen molar-refractivity contribution >= 4 is 17.3 Å². The van der Waals surface area contributed by atoms with E-state index in [1.807, 2.05) is 38.3 Å². The molecule has 0 aliphatic carbocycles. The van der Waals surface area contributed by atoms with Gasteiger partial charge in [0, 0.05) is 17.3 Å². The molecular weight excluding hydrogens is 222 g/mol. The van der Waals surface area contributed by atoms with Crippen molar-refractivity contribution in [1.29, 1.82) is 0 Å². The molecule has 0 fully saturated rings. The lowest BCUT2D eigenvalue weighted by atomic mass is 10.1. The molecule has 0 saturated heterocycles. The molecule has 0 aliphatic heterocycles. The molecular formula is C12H19NO2S. The Morgan fingerprint density at radius 1 is 1.56 bits per heavy atom. The van der Waals surface area contributed by atoms with Crippen molar-refractivity contribution in [3.05, 3.63) is 22.4 Å². The standard InChI is InChI=1S/C12H19NO2S/c1-12(2,3)15-11(14)7-6-9(13)10-5-4-8-16-10/h4-5,8-9H,6-7,13H2,1-3H3. The normalized spacial score (nSPS) is 13.5. The maximum Gasteiger partial charge on any atom is 0.306 e. The van der Waals surface area contributed by atoms with Crippen LogP contribution in [0.5, 0.6) is 0 Å². The summed E-state index contributed by atoms with van der Waals surface area (Å²) in [6, 6.07) is 3.89. The van der Waals surface area contributed by atoms with Crippen molar-refractivity contribution in [1.82, 2.24) is 0 Å². The van der Waals surface area contributed by atoms with Crippen LogP contribution in [0.4, 0.5) is 0 Å². The van der Waals surface area contributed by atoms with Gasteiger partial charge in [-0.15, -0.1) is 11.3 Å². The lowest BCUT2D eigenvalue weighted by Crippen LogP contribution is -2.24. The fraction of sp³-hybridized carbons (Fsp3) is 0.583. The van der Waals surface area contributed by atoms with Crippen LogP contribution in [0.2, 0.25) is 0 Å². The molecule has 2 N–H and O–H groups in total. The molecule has 0 amide bonds. The Morgan fingerprint density at radius 3 is 2.75 bits per heavy atom. The first-order chi connectivity index (χ1) is 7.38. The van der Waals surface area contributed by atoms with Crippen molar-refractivity contribution in [2.24, 2.45) is 5.73 Å². The molecule has 0 aliphatic rings. The summed E-state index contributed by atoms with van der Waals surface area (Å²) in [5.41, 5.74) is 5.54. The molecule has 1 unspecified atom stereocenters. The summed E-state index contributed by atoms with van der Waals surface area (Å²) >= 11 is 1.62. The summed E-state index contributed by atoms with van der Waals surface area (Å²) in [7, 11) is 0. The Morgan fingerprint density at radius 2 is 2.25 bits per heavy atom. The molecule has 0 spiro atoms.